The zero-order valence-corrected chi connectivity index (χ0v) is 10.7. The van der Waals surface area contributed by atoms with Crippen molar-refractivity contribution in [2.24, 2.45) is 5.73 Å². The van der Waals surface area contributed by atoms with Crippen molar-refractivity contribution in [1.82, 2.24) is 20.1 Å². The van der Waals surface area contributed by atoms with Crippen molar-refractivity contribution in [3.63, 3.8) is 0 Å². The number of imidazole rings is 1. The van der Waals surface area contributed by atoms with Gasteiger partial charge in [-0.3, -0.25) is 0 Å². The topological polar surface area (TPSA) is 103 Å². The highest BCUT2D eigenvalue weighted by Gasteiger charge is 2.27. The number of rotatable bonds is 5. The molecule has 2 aromatic heterocycles. The maximum atomic E-state index is 6.00. The fourth-order valence-corrected chi connectivity index (χ4v) is 1.44. The van der Waals surface area contributed by atoms with Crippen LogP contribution in [0.5, 0.6) is 0 Å². The Balaban J connectivity index is 2.10. The largest absolute Gasteiger partial charge is 0.371 e. The van der Waals surface area contributed by atoms with Gasteiger partial charge >= 0.3 is 0 Å². The van der Waals surface area contributed by atoms with Crippen LogP contribution >= 0.6 is 0 Å². The van der Waals surface area contributed by atoms with Crippen molar-refractivity contribution in [3.8, 4) is 0 Å². The smallest absolute Gasteiger partial charge is 0.244 e. The first-order valence-electron chi connectivity index (χ1n) is 5.65. The third kappa shape index (κ3) is 2.57. The van der Waals surface area contributed by atoms with E-state index in [-0.39, 0.29) is 6.04 Å². The maximum absolute atomic E-state index is 6.00. The Labute approximate surface area is 105 Å². The Morgan fingerprint density at radius 1 is 1.56 bits per heavy atom. The van der Waals surface area contributed by atoms with Crippen LogP contribution in [-0.4, -0.2) is 27.2 Å². The summed E-state index contributed by atoms with van der Waals surface area (Å²) < 4.78 is 10.4. The van der Waals surface area contributed by atoms with Gasteiger partial charge in [0.05, 0.1) is 12.4 Å². The van der Waals surface area contributed by atoms with E-state index < -0.39 is 5.60 Å². The maximum Gasteiger partial charge on any atom is 0.244 e. The molecule has 2 rings (SSSR count). The molecule has 0 saturated heterocycles. The second-order valence-electron chi connectivity index (χ2n) is 4.56. The van der Waals surface area contributed by atoms with Gasteiger partial charge in [-0.15, -0.1) is 0 Å². The van der Waals surface area contributed by atoms with Gasteiger partial charge in [0, 0.05) is 25.4 Å². The van der Waals surface area contributed by atoms with Gasteiger partial charge < -0.3 is 20.0 Å². The van der Waals surface area contributed by atoms with Crippen molar-refractivity contribution in [1.29, 1.82) is 0 Å². The molecular formula is C11H17N5O2. The minimum atomic E-state index is -0.588. The number of methoxy groups -OCH3 is 1. The Morgan fingerprint density at radius 3 is 2.94 bits per heavy atom. The van der Waals surface area contributed by atoms with E-state index in [0.717, 1.165) is 5.69 Å². The molecule has 7 nitrogen and oxygen atoms in total. The SMILES string of the molecule is COC(C)(C)c1noc(C(N)Cc2cnc[nH]2)n1. The van der Waals surface area contributed by atoms with Crippen LogP contribution in [0.25, 0.3) is 0 Å². The number of H-pyrrole nitrogens is 1. The van der Waals surface area contributed by atoms with Crippen LogP contribution in [0.2, 0.25) is 0 Å². The predicted octanol–water partition coefficient (Wildman–Crippen LogP) is 0.917. The lowest BCUT2D eigenvalue weighted by atomic mass is 10.1. The Kier molecular flexibility index (Phi) is 3.44. The van der Waals surface area contributed by atoms with Crippen molar-refractivity contribution >= 4 is 0 Å². The summed E-state index contributed by atoms with van der Waals surface area (Å²) in [5.41, 5.74) is 6.34. The van der Waals surface area contributed by atoms with Crippen LogP contribution in [-0.2, 0) is 16.8 Å². The molecule has 98 valence electrons. The number of hydrogen-bond donors (Lipinski definition) is 2. The number of nitrogens with zero attached hydrogens (tertiary/aromatic N) is 3. The molecule has 18 heavy (non-hydrogen) atoms. The van der Waals surface area contributed by atoms with E-state index in [1.165, 1.54) is 0 Å². The van der Waals surface area contributed by atoms with Gasteiger partial charge in [-0.05, 0) is 13.8 Å². The lowest BCUT2D eigenvalue weighted by molar-refractivity contribution is 0.00973. The molecule has 2 heterocycles. The van der Waals surface area contributed by atoms with Gasteiger partial charge in [-0.1, -0.05) is 5.16 Å². The van der Waals surface area contributed by atoms with Crippen molar-refractivity contribution in [2.75, 3.05) is 7.11 Å². The first-order chi connectivity index (χ1) is 8.53. The Bertz CT molecular complexity index is 491. The van der Waals surface area contributed by atoms with E-state index in [2.05, 4.69) is 20.1 Å². The quantitative estimate of drug-likeness (QED) is 0.819. The number of aromatic nitrogens is 4. The summed E-state index contributed by atoms with van der Waals surface area (Å²) in [6.07, 6.45) is 3.89. The molecule has 0 aliphatic rings. The summed E-state index contributed by atoms with van der Waals surface area (Å²) in [5.74, 6) is 0.879. The minimum Gasteiger partial charge on any atom is -0.371 e. The average Bonchev–Trinajstić information content (AvgIpc) is 2.99. The highest BCUT2D eigenvalue weighted by molar-refractivity contribution is 5.04. The molecule has 7 heteroatoms. The number of nitrogens with two attached hydrogens (primary N) is 1. The molecule has 0 fully saturated rings. The third-order valence-electron chi connectivity index (χ3n) is 2.80. The third-order valence-corrected chi connectivity index (χ3v) is 2.80. The molecule has 0 aromatic carbocycles. The van der Waals surface area contributed by atoms with E-state index in [1.807, 2.05) is 13.8 Å². The average molecular weight is 251 g/mol. The van der Waals surface area contributed by atoms with E-state index in [0.29, 0.717) is 18.1 Å². The summed E-state index contributed by atoms with van der Waals surface area (Å²) in [6, 6.07) is -0.362. The second-order valence-corrected chi connectivity index (χ2v) is 4.56. The van der Waals surface area contributed by atoms with Crippen LogP contribution in [0.15, 0.2) is 17.0 Å². The highest BCUT2D eigenvalue weighted by atomic mass is 16.5. The van der Waals surface area contributed by atoms with E-state index in [4.69, 9.17) is 15.0 Å². The molecule has 0 radical (unpaired) electrons. The van der Waals surface area contributed by atoms with E-state index in [9.17, 15) is 0 Å². The number of ether oxygens (including phenoxy) is 1. The van der Waals surface area contributed by atoms with E-state index in [1.54, 1.807) is 19.6 Å². The van der Waals surface area contributed by atoms with Gasteiger partial charge in [-0.25, -0.2) is 4.98 Å². The minimum absolute atomic E-state index is 0.362. The first-order valence-corrected chi connectivity index (χ1v) is 5.65. The molecule has 1 atom stereocenters. The Morgan fingerprint density at radius 2 is 2.33 bits per heavy atom. The lowest BCUT2D eigenvalue weighted by Gasteiger charge is -2.17. The van der Waals surface area contributed by atoms with Crippen LogP contribution < -0.4 is 5.73 Å². The molecule has 1 unspecified atom stereocenters. The number of hydrogen-bond acceptors (Lipinski definition) is 6. The molecule has 2 aromatic rings. The second kappa shape index (κ2) is 4.87. The van der Waals surface area contributed by atoms with Gasteiger partial charge in [0.15, 0.2) is 0 Å². The number of nitrogens with one attached hydrogen (secondary N) is 1. The van der Waals surface area contributed by atoms with Crippen LogP contribution in [0, 0.1) is 0 Å². The summed E-state index contributed by atoms with van der Waals surface area (Å²) in [7, 11) is 1.60. The zero-order valence-electron chi connectivity index (χ0n) is 10.7. The van der Waals surface area contributed by atoms with E-state index >= 15 is 0 Å². The predicted molar refractivity (Wildman–Crippen MR) is 63.6 cm³/mol. The van der Waals surface area contributed by atoms with Crippen LogP contribution in [0.4, 0.5) is 0 Å². The number of aromatic amines is 1. The van der Waals surface area contributed by atoms with Crippen LogP contribution in [0.3, 0.4) is 0 Å². The van der Waals surface area contributed by atoms with Crippen LogP contribution in [0.1, 0.15) is 37.3 Å². The normalized spacial score (nSPS) is 13.8. The fourth-order valence-electron chi connectivity index (χ4n) is 1.44. The van der Waals surface area contributed by atoms with Gasteiger partial charge in [-0.2, -0.15) is 4.98 Å². The van der Waals surface area contributed by atoms with Gasteiger partial charge in [0.1, 0.15) is 5.60 Å². The monoisotopic (exact) mass is 251 g/mol. The van der Waals surface area contributed by atoms with Crippen molar-refractivity contribution in [2.45, 2.75) is 31.9 Å². The van der Waals surface area contributed by atoms with Crippen molar-refractivity contribution in [3.05, 3.63) is 29.9 Å². The highest BCUT2D eigenvalue weighted by Crippen LogP contribution is 2.22. The summed E-state index contributed by atoms with van der Waals surface area (Å²) >= 11 is 0. The summed E-state index contributed by atoms with van der Waals surface area (Å²) in [4.78, 5) is 11.2. The lowest BCUT2D eigenvalue weighted by Crippen LogP contribution is -2.22. The Hall–Kier alpha value is -1.73. The first kappa shape index (κ1) is 12.7. The molecule has 0 aliphatic heterocycles. The van der Waals surface area contributed by atoms with Gasteiger partial charge in [0.2, 0.25) is 11.7 Å². The summed E-state index contributed by atoms with van der Waals surface area (Å²) in [6.45, 7) is 3.73. The van der Waals surface area contributed by atoms with Gasteiger partial charge in [0.25, 0.3) is 0 Å². The molecule has 0 amide bonds. The molecular weight excluding hydrogens is 234 g/mol. The molecule has 0 aliphatic carbocycles. The fraction of sp³-hybridized carbons (Fsp3) is 0.545. The molecule has 0 bridgehead atoms. The van der Waals surface area contributed by atoms with Crippen molar-refractivity contribution < 1.29 is 9.26 Å². The standard InChI is InChI=1S/C11H17N5O2/c1-11(2,17-3)10-15-9(18-16-10)8(12)4-7-5-13-6-14-7/h5-6,8H,4,12H2,1-3H3,(H,13,14). The molecule has 3 N–H and O–H groups in total. The zero-order chi connectivity index (χ0) is 13.2. The molecule has 0 saturated carbocycles. The summed E-state index contributed by atoms with van der Waals surface area (Å²) in [5, 5.41) is 3.89. The molecule has 0 spiro atoms.